The molecule has 3 atom stereocenters. The Morgan fingerprint density at radius 3 is 2.00 bits per heavy atom. The van der Waals surface area contributed by atoms with Gasteiger partial charge in [0.1, 0.15) is 17.4 Å². The van der Waals surface area contributed by atoms with Gasteiger partial charge in [-0.05, 0) is 79.9 Å². The van der Waals surface area contributed by atoms with Gasteiger partial charge in [0.15, 0.2) is 0 Å². The third kappa shape index (κ3) is 5.00. The molecule has 1 fully saturated rings. The molecule has 5 rings (SSSR count). The van der Waals surface area contributed by atoms with E-state index in [4.69, 9.17) is 0 Å². The molecule has 1 aliphatic carbocycles. The van der Waals surface area contributed by atoms with Crippen molar-refractivity contribution in [1.82, 2.24) is 9.29 Å². The van der Waals surface area contributed by atoms with Crippen molar-refractivity contribution in [3.05, 3.63) is 72.3 Å². The molecule has 2 N–H and O–H groups in total. The number of hydrogen-bond acceptors (Lipinski definition) is 4. The summed E-state index contributed by atoms with van der Waals surface area (Å²) in [5.74, 6) is -1.57. The number of aliphatic hydroxyl groups excluding tert-OH is 1. The number of hydrogen-bond donors (Lipinski definition) is 2. The van der Waals surface area contributed by atoms with Gasteiger partial charge < -0.3 is 14.4 Å². The zero-order valence-corrected chi connectivity index (χ0v) is 19.9. The number of nitrogens with one attached hydrogen (secondary N) is 1. The zero-order valence-electron chi connectivity index (χ0n) is 19.0. The first kappa shape index (κ1) is 25.4. The zero-order chi connectivity index (χ0) is 26.5. The lowest BCUT2D eigenvalue weighted by Crippen LogP contribution is -2.49. The Labute approximate surface area is 208 Å². The summed E-state index contributed by atoms with van der Waals surface area (Å²) in [6.07, 6.45) is -4.78. The van der Waals surface area contributed by atoms with Gasteiger partial charge in [-0.15, -0.1) is 13.2 Å². The number of fused-ring (bicyclic) bond motifs is 3. The average Bonchev–Trinajstić information content (AvgIpc) is 3.12. The van der Waals surface area contributed by atoms with E-state index in [9.17, 15) is 35.5 Å². The number of aromatic nitrogens is 1. The van der Waals surface area contributed by atoms with Crippen LogP contribution in [0.15, 0.2) is 65.6 Å². The van der Waals surface area contributed by atoms with Crippen LogP contribution in [0.25, 0.3) is 21.8 Å². The molecular weight excluding hydrogens is 519 g/mol. The van der Waals surface area contributed by atoms with E-state index in [1.54, 1.807) is 4.57 Å². The molecule has 4 aromatic rings. The van der Waals surface area contributed by atoms with E-state index >= 15 is 0 Å². The summed E-state index contributed by atoms with van der Waals surface area (Å²) >= 11 is 0. The van der Waals surface area contributed by atoms with Crippen LogP contribution in [0.3, 0.4) is 0 Å². The summed E-state index contributed by atoms with van der Waals surface area (Å²) in [6, 6.07) is 10.4. The van der Waals surface area contributed by atoms with Crippen LogP contribution in [0.2, 0.25) is 0 Å². The Balaban J connectivity index is 1.45. The van der Waals surface area contributed by atoms with Crippen LogP contribution in [0.1, 0.15) is 25.3 Å². The number of aliphatic hydroxyl groups is 1. The highest BCUT2D eigenvalue weighted by Gasteiger charge is 2.37. The fourth-order valence-electron chi connectivity index (χ4n) is 5.01. The summed E-state index contributed by atoms with van der Waals surface area (Å²) in [5.41, 5.74) is 1.13. The number of alkyl halides is 3. The Morgan fingerprint density at radius 2 is 1.46 bits per heavy atom. The molecule has 196 valence electrons. The maximum atomic E-state index is 14.0. The minimum absolute atomic E-state index is 0.292. The van der Waals surface area contributed by atoms with Crippen molar-refractivity contribution in [2.24, 2.45) is 0 Å². The van der Waals surface area contributed by atoms with Crippen molar-refractivity contribution in [2.45, 2.75) is 48.7 Å². The molecule has 0 aliphatic heterocycles. The van der Waals surface area contributed by atoms with Crippen LogP contribution in [-0.2, 0) is 10.0 Å². The summed E-state index contributed by atoms with van der Waals surface area (Å²) in [4.78, 5) is -0.292. The lowest BCUT2D eigenvalue weighted by Gasteiger charge is -2.36. The summed E-state index contributed by atoms with van der Waals surface area (Å²) in [6.45, 7) is 0. The number of ether oxygens (including phenoxy) is 1. The number of sulfonamides is 1. The highest BCUT2D eigenvalue weighted by atomic mass is 32.2. The van der Waals surface area contributed by atoms with E-state index < -0.39 is 52.0 Å². The molecule has 1 saturated carbocycles. The largest absolute Gasteiger partial charge is 0.573 e. The van der Waals surface area contributed by atoms with Gasteiger partial charge in [-0.3, -0.25) is 0 Å². The Morgan fingerprint density at radius 1 is 0.892 bits per heavy atom. The summed E-state index contributed by atoms with van der Waals surface area (Å²) < 4.78 is 99.1. The van der Waals surface area contributed by atoms with Crippen molar-refractivity contribution in [3.63, 3.8) is 0 Å². The maximum absolute atomic E-state index is 14.0. The van der Waals surface area contributed by atoms with E-state index in [0.29, 0.717) is 41.1 Å². The Hall–Kier alpha value is -3.22. The molecular formula is C25H21F5N2O4S. The standard InChI is InChI=1S/C25H21F5N2O4S/c26-14-4-10-21-18(12-14)19-13-15(27)5-11-22(19)32(21)23-3-1-2-20(24(23)33)31-37(34,35)17-8-6-16(7-9-17)36-25(28,29)30/h4-13,20,23-24,31,33H,1-3H2/t20-,23+,24+/m0/s1. The third-order valence-electron chi connectivity index (χ3n) is 6.55. The van der Waals surface area contributed by atoms with Gasteiger partial charge in [0.2, 0.25) is 10.0 Å². The molecule has 0 unspecified atom stereocenters. The van der Waals surface area contributed by atoms with Crippen LogP contribution in [-0.4, -0.2) is 36.6 Å². The molecule has 0 saturated heterocycles. The fourth-order valence-corrected chi connectivity index (χ4v) is 6.30. The van der Waals surface area contributed by atoms with Crippen molar-refractivity contribution in [2.75, 3.05) is 0 Å². The first-order valence-corrected chi connectivity index (χ1v) is 12.9. The first-order valence-electron chi connectivity index (χ1n) is 11.4. The lowest BCUT2D eigenvalue weighted by atomic mass is 9.88. The highest BCUT2D eigenvalue weighted by molar-refractivity contribution is 7.89. The van der Waals surface area contributed by atoms with Gasteiger partial charge in [-0.2, -0.15) is 0 Å². The van der Waals surface area contributed by atoms with E-state index in [1.807, 2.05) is 0 Å². The van der Waals surface area contributed by atoms with Crippen LogP contribution < -0.4 is 9.46 Å². The van der Waals surface area contributed by atoms with Gasteiger partial charge in [-0.25, -0.2) is 21.9 Å². The highest BCUT2D eigenvalue weighted by Crippen LogP contribution is 2.39. The Bertz CT molecular complexity index is 1510. The molecule has 0 bridgehead atoms. The van der Waals surface area contributed by atoms with Crippen molar-refractivity contribution >= 4 is 31.8 Å². The topological polar surface area (TPSA) is 80.6 Å². The number of rotatable bonds is 5. The first-order chi connectivity index (χ1) is 17.4. The molecule has 12 heteroatoms. The van der Waals surface area contributed by atoms with E-state index in [0.717, 1.165) is 24.3 Å². The Kier molecular flexibility index (Phi) is 6.37. The van der Waals surface area contributed by atoms with Crippen molar-refractivity contribution in [3.8, 4) is 5.75 Å². The van der Waals surface area contributed by atoms with Crippen LogP contribution in [0.4, 0.5) is 22.0 Å². The molecule has 0 radical (unpaired) electrons. The molecule has 3 aromatic carbocycles. The number of benzene rings is 3. The predicted octanol–water partition coefficient (Wildman–Crippen LogP) is 5.40. The number of nitrogens with zero attached hydrogens (tertiary/aromatic N) is 1. The van der Waals surface area contributed by atoms with Gasteiger partial charge in [0.05, 0.1) is 23.1 Å². The molecule has 6 nitrogen and oxygen atoms in total. The second-order valence-corrected chi connectivity index (χ2v) is 10.6. The van der Waals surface area contributed by atoms with Gasteiger partial charge in [0, 0.05) is 21.8 Å². The van der Waals surface area contributed by atoms with E-state index in [1.165, 1.54) is 36.4 Å². The average molecular weight is 541 g/mol. The smallest absolute Gasteiger partial charge is 0.406 e. The number of halogens is 5. The minimum atomic E-state index is -4.91. The monoisotopic (exact) mass is 540 g/mol. The molecule has 37 heavy (non-hydrogen) atoms. The molecule has 1 aliphatic rings. The van der Waals surface area contributed by atoms with Crippen LogP contribution >= 0.6 is 0 Å². The van der Waals surface area contributed by atoms with Crippen molar-refractivity contribution in [1.29, 1.82) is 0 Å². The van der Waals surface area contributed by atoms with Crippen molar-refractivity contribution < 1.29 is 40.2 Å². The predicted molar refractivity (Wildman–Crippen MR) is 125 cm³/mol. The van der Waals surface area contributed by atoms with Crippen LogP contribution in [0.5, 0.6) is 5.75 Å². The normalized spacial score (nSPS) is 21.0. The van der Waals surface area contributed by atoms with Gasteiger partial charge in [0.25, 0.3) is 0 Å². The second-order valence-electron chi connectivity index (χ2n) is 8.93. The lowest BCUT2D eigenvalue weighted by molar-refractivity contribution is -0.274. The molecule has 0 amide bonds. The molecule has 0 spiro atoms. The fraction of sp³-hybridized carbons (Fsp3) is 0.280. The minimum Gasteiger partial charge on any atom is -0.406 e. The molecule has 1 heterocycles. The third-order valence-corrected chi connectivity index (χ3v) is 8.06. The van der Waals surface area contributed by atoms with Gasteiger partial charge >= 0.3 is 6.36 Å². The quantitative estimate of drug-likeness (QED) is 0.332. The molecule has 1 aromatic heterocycles. The van der Waals surface area contributed by atoms with Gasteiger partial charge in [-0.1, -0.05) is 0 Å². The van der Waals surface area contributed by atoms with Crippen LogP contribution in [0, 0.1) is 11.6 Å². The summed E-state index contributed by atoms with van der Waals surface area (Å²) in [7, 11) is -4.20. The van der Waals surface area contributed by atoms with E-state index in [2.05, 4.69) is 9.46 Å². The maximum Gasteiger partial charge on any atom is 0.573 e. The van der Waals surface area contributed by atoms with E-state index in [-0.39, 0.29) is 4.90 Å². The second kappa shape index (κ2) is 9.26. The SMILES string of the molecule is O=S(=O)(N[C@H]1CCC[C@@H](n2c3ccc(F)cc3c3cc(F)ccc32)[C@@H]1O)c1ccc(OC(F)(F)F)cc1. The summed E-state index contributed by atoms with van der Waals surface area (Å²) in [5, 5.41) is 12.2.